The number of carbonyl (C=O) groups is 3. The number of methoxy groups -OCH3 is 1. The van der Waals surface area contributed by atoms with Crippen LogP contribution in [0.4, 0.5) is 5.69 Å². The average molecular weight is 471 g/mol. The number of benzene rings is 1. The summed E-state index contributed by atoms with van der Waals surface area (Å²) in [5, 5.41) is 34.0. The molecule has 0 spiro atoms. The highest BCUT2D eigenvalue weighted by atomic mass is 16.5. The molecule has 1 fully saturated rings. The second-order valence-corrected chi connectivity index (χ2v) is 9.69. The van der Waals surface area contributed by atoms with Gasteiger partial charge < -0.3 is 25.0 Å². The summed E-state index contributed by atoms with van der Waals surface area (Å²) in [6, 6.07) is 2.58. The molecule has 0 bridgehead atoms. The van der Waals surface area contributed by atoms with Crippen LogP contribution in [0.3, 0.4) is 0 Å². The topological polar surface area (TPSA) is 128 Å². The molecular formula is C25H30N2O7. The first kappa shape index (κ1) is 24.0. The van der Waals surface area contributed by atoms with Crippen LogP contribution < -0.4 is 9.64 Å². The van der Waals surface area contributed by atoms with Gasteiger partial charge in [-0.3, -0.25) is 19.3 Å². The normalized spacial score (nSPS) is 28.5. The number of ether oxygens (including phenoxy) is 1. The lowest BCUT2D eigenvalue weighted by Crippen LogP contribution is -2.65. The Hall–Kier alpha value is -3.17. The molecule has 0 radical (unpaired) electrons. The highest BCUT2D eigenvalue weighted by molar-refractivity contribution is 6.25. The lowest BCUT2D eigenvalue weighted by Gasteiger charge is -2.50. The van der Waals surface area contributed by atoms with E-state index >= 15 is 0 Å². The number of aliphatic hydroxyl groups is 3. The Morgan fingerprint density at radius 2 is 1.79 bits per heavy atom. The van der Waals surface area contributed by atoms with E-state index in [-0.39, 0.29) is 17.8 Å². The first-order valence-corrected chi connectivity index (χ1v) is 11.1. The fraction of sp³-hybridized carbons (Fsp3) is 0.480. The van der Waals surface area contributed by atoms with Gasteiger partial charge in [0, 0.05) is 31.3 Å². The van der Waals surface area contributed by atoms with Crippen molar-refractivity contribution < 1.29 is 34.4 Å². The third-order valence-electron chi connectivity index (χ3n) is 7.37. The van der Waals surface area contributed by atoms with E-state index in [0.29, 0.717) is 17.7 Å². The molecule has 182 valence electrons. The minimum absolute atomic E-state index is 0.0261. The number of carbonyl (C=O) groups excluding carboxylic acids is 3. The molecule has 4 rings (SSSR count). The summed E-state index contributed by atoms with van der Waals surface area (Å²) in [6.45, 7) is 1.11. The Bertz CT molecular complexity index is 1180. The molecular weight excluding hydrogens is 440 g/mol. The molecule has 3 N–H and O–H groups in total. The smallest absolute Gasteiger partial charge is 0.202 e. The van der Waals surface area contributed by atoms with Gasteiger partial charge in [-0.15, -0.1) is 0 Å². The van der Waals surface area contributed by atoms with Crippen LogP contribution >= 0.6 is 0 Å². The third-order valence-corrected chi connectivity index (χ3v) is 7.37. The predicted octanol–water partition coefficient (Wildman–Crippen LogP) is 1.44. The Morgan fingerprint density at radius 1 is 1.15 bits per heavy atom. The van der Waals surface area contributed by atoms with Crippen LogP contribution in [0.1, 0.15) is 24.5 Å². The number of ketones is 3. The number of hydrogen-bond acceptors (Lipinski definition) is 9. The minimum atomic E-state index is -2.51. The minimum Gasteiger partial charge on any atom is -0.508 e. The quantitative estimate of drug-likeness (QED) is 0.560. The zero-order valence-electron chi connectivity index (χ0n) is 20.2. The van der Waals surface area contributed by atoms with Gasteiger partial charge >= 0.3 is 0 Å². The highest BCUT2D eigenvalue weighted by Gasteiger charge is 2.64. The number of fused-ring (bicyclic) bond motifs is 3. The van der Waals surface area contributed by atoms with Crippen molar-refractivity contribution in [2.45, 2.75) is 31.4 Å². The van der Waals surface area contributed by atoms with Crippen molar-refractivity contribution in [3.05, 3.63) is 40.2 Å². The summed E-state index contributed by atoms with van der Waals surface area (Å²) in [5.74, 6) is -4.64. The van der Waals surface area contributed by atoms with E-state index in [2.05, 4.69) is 0 Å². The second-order valence-electron chi connectivity index (χ2n) is 9.69. The van der Waals surface area contributed by atoms with Crippen molar-refractivity contribution in [2.75, 3.05) is 40.2 Å². The second kappa shape index (κ2) is 7.95. The number of anilines is 1. The number of likely N-dealkylation sites (N-methyl/N-ethyl adjacent to an activating group) is 1. The molecule has 1 saturated carbocycles. The Kier molecular flexibility index (Phi) is 5.61. The van der Waals surface area contributed by atoms with Crippen molar-refractivity contribution >= 4 is 28.8 Å². The van der Waals surface area contributed by atoms with Gasteiger partial charge in [0.25, 0.3) is 0 Å². The van der Waals surface area contributed by atoms with Crippen molar-refractivity contribution in [3.8, 4) is 5.75 Å². The number of aliphatic hydroxyl groups excluding tert-OH is 2. The van der Waals surface area contributed by atoms with Crippen LogP contribution in [0.2, 0.25) is 0 Å². The summed E-state index contributed by atoms with van der Waals surface area (Å²) in [5.41, 5.74) is -1.11. The van der Waals surface area contributed by atoms with Gasteiger partial charge in [0.15, 0.2) is 17.2 Å². The van der Waals surface area contributed by atoms with Crippen LogP contribution in [0.25, 0.3) is 5.76 Å². The van der Waals surface area contributed by atoms with Crippen molar-refractivity contribution in [3.63, 3.8) is 0 Å². The molecule has 9 nitrogen and oxygen atoms in total. The zero-order chi connectivity index (χ0) is 25.3. The van der Waals surface area contributed by atoms with E-state index < -0.39 is 52.2 Å². The maximum atomic E-state index is 13.9. The number of hydrogen-bond donors (Lipinski definition) is 3. The number of Topliss-reactive ketones (excluding diaryl/α,β-unsaturated/α-hetero) is 3. The molecule has 34 heavy (non-hydrogen) atoms. The molecule has 9 heteroatoms. The molecule has 4 unspecified atom stereocenters. The number of nitrogens with zero attached hydrogens (tertiary/aromatic N) is 2. The zero-order valence-corrected chi connectivity index (χ0v) is 20.2. The summed E-state index contributed by atoms with van der Waals surface area (Å²) in [7, 11) is 8.46. The standard InChI is InChI=1S/C25H30N2O7/c1-11(28)17-22(30)20(27(4)5)14-10-12-9-13-15(26(2)3)7-8-16(34-6)19(13)21(29)18(12)24(32)25(14,33)23(17)31/h7-8,12,14,20,29,31,33H,9-10H2,1-6H3. The molecule has 0 heterocycles. The van der Waals surface area contributed by atoms with Crippen LogP contribution in [0.5, 0.6) is 5.75 Å². The third kappa shape index (κ3) is 3.03. The lowest BCUT2D eigenvalue weighted by atomic mass is 9.57. The van der Waals surface area contributed by atoms with Crippen LogP contribution in [-0.4, -0.2) is 84.5 Å². The molecule has 3 aliphatic carbocycles. The SMILES string of the molecule is COc1ccc(N(C)C)c2c1C(O)=C1C(=O)C3(O)C(O)=C(C(C)=O)C(=O)C(N(C)C)C3CC1C2. The van der Waals surface area contributed by atoms with E-state index in [1.165, 1.54) is 7.11 Å². The molecule has 4 atom stereocenters. The Labute approximate surface area is 197 Å². The number of rotatable bonds is 4. The predicted molar refractivity (Wildman–Crippen MR) is 125 cm³/mol. The molecule has 0 aromatic heterocycles. The van der Waals surface area contributed by atoms with E-state index in [4.69, 9.17) is 4.74 Å². The molecule has 1 aromatic carbocycles. The Balaban J connectivity index is 2.00. The summed E-state index contributed by atoms with van der Waals surface area (Å²) >= 11 is 0. The highest BCUT2D eigenvalue weighted by Crippen LogP contribution is 2.53. The van der Waals surface area contributed by atoms with Crippen LogP contribution in [0, 0.1) is 11.8 Å². The lowest BCUT2D eigenvalue weighted by molar-refractivity contribution is -0.153. The average Bonchev–Trinajstić information content (AvgIpc) is 2.74. The van der Waals surface area contributed by atoms with Gasteiger partial charge in [-0.25, -0.2) is 0 Å². The van der Waals surface area contributed by atoms with Crippen molar-refractivity contribution in [1.82, 2.24) is 4.90 Å². The van der Waals surface area contributed by atoms with Gasteiger partial charge in [-0.1, -0.05) is 0 Å². The summed E-state index contributed by atoms with van der Waals surface area (Å²) in [4.78, 5) is 42.7. The van der Waals surface area contributed by atoms with E-state index in [1.807, 2.05) is 25.1 Å². The monoisotopic (exact) mass is 470 g/mol. The van der Waals surface area contributed by atoms with E-state index in [9.17, 15) is 29.7 Å². The summed E-state index contributed by atoms with van der Waals surface area (Å²) in [6.07, 6.45) is 0.519. The maximum absolute atomic E-state index is 13.9. The fourth-order valence-corrected chi connectivity index (χ4v) is 5.91. The first-order valence-electron chi connectivity index (χ1n) is 11.1. The van der Waals surface area contributed by atoms with E-state index in [0.717, 1.165) is 18.2 Å². The van der Waals surface area contributed by atoms with Gasteiger partial charge in [0.2, 0.25) is 5.78 Å². The molecule has 0 amide bonds. The van der Waals surface area contributed by atoms with Crippen molar-refractivity contribution in [1.29, 1.82) is 0 Å². The molecule has 0 saturated heterocycles. The largest absolute Gasteiger partial charge is 0.508 e. The van der Waals surface area contributed by atoms with E-state index in [1.54, 1.807) is 25.1 Å². The first-order chi connectivity index (χ1) is 15.9. The van der Waals surface area contributed by atoms with Gasteiger partial charge in [-0.2, -0.15) is 0 Å². The summed E-state index contributed by atoms with van der Waals surface area (Å²) < 4.78 is 5.46. The maximum Gasteiger partial charge on any atom is 0.202 e. The Morgan fingerprint density at radius 3 is 2.32 bits per heavy atom. The van der Waals surface area contributed by atoms with Crippen molar-refractivity contribution in [2.24, 2.45) is 11.8 Å². The molecule has 1 aromatic rings. The van der Waals surface area contributed by atoms with Gasteiger partial charge in [0.05, 0.1) is 18.7 Å². The molecule has 3 aliphatic rings. The molecule has 0 aliphatic heterocycles. The van der Waals surface area contributed by atoms with Crippen LogP contribution in [-0.2, 0) is 20.8 Å². The van der Waals surface area contributed by atoms with Gasteiger partial charge in [0.1, 0.15) is 22.8 Å². The van der Waals surface area contributed by atoms with Gasteiger partial charge in [-0.05, 0) is 57.5 Å². The fourth-order valence-electron chi connectivity index (χ4n) is 5.91. The van der Waals surface area contributed by atoms with Crippen LogP contribution in [0.15, 0.2) is 29.0 Å².